The number of aromatic amines is 1. The summed E-state index contributed by atoms with van der Waals surface area (Å²) in [6.07, 6.45) is 1.47. The number of hydrogen-bond donors (Lipinski definition) is 3. The van der Waals surface area contributed by atoms with E-state index in [9.17, 15) is 22.4 Å². The first-order valence-corrected chi connectivity index (χ1v) is 8.73. The van der Waals surface area contributed by atoms with E-state index in [1.165, 1.54) is 6.20 Å². The molecule has 0 aliphatic rings. The number of ether oxygens (including phenoxy) is 1. The molecule has 0 aliphatic heterocycles. The van der Waals surface area contributed by atoms with Crippen molar-refractivity contribution in [1.29, 1.82) is 0 Å². The Kier molecular flexibility index (Phi) is 5.19. The second-order valence-corrected chi connectivity index (χ2v) is 6.35. The summed E-state index contributed by atoms with van der Waals surface area (Å²) in [5.41, 5.74) is 2.01. The van der Waals surface area contributed by atoms with Crippen molar-refractivity contribution in [2.45, 2.75) is 13.5 Å². The van der Waals surface area contributed by atoms with Gasteiger partial charge in [0.05, 0.1) is 5.52 Å². The number of anilines is 4. The smallest absolute Gasteiger partial charge is 0.417 e. The number of rotatable bonds is 6. The molecule has 0 unspecified atom stereocenters. The van der Waals surface area contributed by atoms with Crippen LogP contribution in [-0.4, -0.2) is 21.6 Å². The van der Waals surface area contributed by atoms with E-state index in [1.54, 1.807) is 25.1 Å². The van der Waals surface area contributed by atoms with E-state index in [1.807, 2.05) is 0 Å². The lowest BCUT2D eigenvalue weighted by molar-refractivity contribution is -0.0546. The second-order valence-electron chi connectivity index (χ2n) is 6.35. The molecule has 0 atom stereocenters. The zero-order valence-corrected chi connectivity index (χ0v) is 15.7. The molecule has 2 aromatic heterocycles. The van der Waals surface area contributed by atoms with Gasteiger partial charge < -0.3 is 19.8 Å². The average Bonchev–Trinajstić information content (AvgIpc) is 3.06. The number of halogens is 4. The molecule has 0 radical (unpaired) electrons. The summed E-state index contributed by atoms with van der Waals surface area (Å²) in [6, 6.07) is 6.46. The zero-order chi connectivity index (χ0) is 22.1. The average molecular weight is 435 g/mol. The van der Waals surface area contributed by atoms with Gasteiger partial charge in [-0.1, -0.05) is 0 Å². The van der Waals surface area contributed by atoms with Gasteiger partial charge in [0.15, 0.2) is 23.0 Å². The number of aromatic nitrogens is 3. The Morgan fingerprint density at radius 2 is 1.84 bits per heavy atom. The van der Waals surface area contributed by atoms with Crippen LogP contribution in [0.2, 0.25) is 0 Å². The summed E-state index contributed by atoms with van der Waals surface area (Å²) < 4.78 is 61.1. The van der Waals surface area contributed by atoms with Crippen LogP contribution < -0.4 is 21.1 Å². The summed E-state index contributed by atoms with van der Waals surface area (Å²) in [5, 5.41) is 5.65. The molecule has 0 saturated heterocycles. The van der Waals surface area contributed by atoms with Gasteiger partial charge in [-0.2, -0.15) is 13.8 Å². The molecule has 8 nitrogen and oxygen atoms in total. The van der Waals surface area contributed by atoms with Crippen LogP contribution in [0.25, 0.3) is 11.1 Å². The van der Waals surface area contributed by atoms with E-state index < -0.39 is 29.8 Å². The molecule has 0 spiro atoms. The maximum Gasteiger partial charge on any atom is 0.417 e. The molecule has 12 heteroatoms. The Morgan fingerprint density at radius 3 is 2.55 bits per heavy atom. The van der Waals surface area contributed by atoms with Crippen molar-refractivity contribution in [3.05, 3.63) is 64.3 Å². The summed E-state index contributed by atoms with van der Waals surface area (Å²) in [7, 11) is 0. The van der Waals surface area contributed by atoms with E-state index in [-0.39, 0.29) is 11.6 Å². The lowest BCUT2D eigenvalue weighted by atomic mass is 10.2. The molecule has 0 fully saturated rings. The molecular weight excluding hydrogens is 422 g/mol. The molecule has 0 aliphatic carbocycles. The van der Waals surface area contributed by atoms with Gasteiger partial charge in [0.2, 0.25) is 5.95 Å². The molecule has 2 aromatic carbocycles. The van der Waals surface area contributed by atoms with Crippen molar-refractivity contribution in [3.63, 3.8) is 0 Å². The maximum atomic E-state index is 13.9. The number of alkyl halides is 2. The normalized spacial score (nSPS) is 11.2. The van der Waals surface area contributed by atoms with Crippen molar-refractivity contribution in [2.24, 2.45) is 0 Å². The van der Waals surface area contributed by atoms with Crippen LogP contribution >= 0.6 is 0 Å². The molecule has 0 amide bonds. The Hall–Kier alpha value is -4.09. The summed E-state index contributed by atoms with van der Waals surface area (Å²) in [5.74, 6) is -4.01. The van der Waals surface area contributed by atoms with Crippen LogP contribution in [0, 0.1) is 18.6 Å². The first kappa shape index (κ1) is 20.2. The van der Waals surface area contributed by atoms with Gasteiger partial charge in [0.25, 0.3) is 0 Å². The fourth-order valence-corrected chi connectivity index (χ4v) is 2.76. The standard InChI is InChI=1S/C19H13F4N5O3/c1-8-7-24-18(26-10-4-11(20)15(12(21)5-10)31-17(22)23)28-16(8)25-9-2-3-14-13(6-9)27-19(29)30-14/h2-7,17H,1H3,(H,27,29)(H2,24,25,26,28). The summed E-state index contributed by atoms with van der Waals surface area (Å²) >= 11 is 0. The van der Waals surface area contributed by atoms with Crippen LogP contribution in [-0.2, 0) is 0 Å². The summed E-state index contributed by atoms with van der Waals surface area (Å²) in [4.78, 5) is 22.1. The van der Waals surface area contributed by atoms with Crippen molar-refractivity contribution < 1.29 is 26.7 Å². The van der Waals surface area contributed by atoms with E-state index >= 15 is 0 Å². The highest BCUT2D eigenvalue weighted by atomic mass is 19.3. The fourth-order valence-electron chi connectivity index (χ4n) is 2.76. The van der Waals surface area contributed by atoms with Crippen LogP contribution in [0.15, 0.2) is 45.7 Å². The first-order chi connectivity index (χ1) is 14.8. The highest BCUT2D eigenvalue weighted by Crippen LogP contribution is 2.29. The number of aryl methyl sites for hydroxylation is 1. The molecule has 31 heavy (non-hydrogen) atoms. The van der Waals surface area contributed by atoms with Gasteiger partial charge >= 0.3 is 12.4 Å². The second kappa shape index (κ2) is 7.97. The van der Waals surface area contributed by atoms with E-state index in [2.05, 4.69) is 30.3 Å². The summed E-state index contributed by atoms with van der Waals surface area (Å²) in [6.45, 7) is -1.63. The van der Waals surface area contributed by atoms with Gasteiger partial charge in [-0.05, 0) is 25.1 Å². The maximum absolute atomic E-state index is 13.9. The number of nitrogens with one attached hydrogen (secondary N) is 3. The molecule has 4 rings (SSSR count). The Labute approximate surface area is 170 Å². The Balaban J connectivity index is 1.58. The van der Waals surface area contributed by atoms with Gasteiger partial charge in [0, 0.05) is 35.3 Å². The number of benzene rings is 2. The molecule has 3 N–H and O–H groups in total. The highest BCUT2D eigenvalue weighted by Gasteiger charge is 2.17. The van der Waals surface area contributed by atoms with Crippen LogP contribution in [0.4, 0.5) is 40.7 Å². The van der Waals surface area contributed by atoms with Crippen molar-refractivity contribution in [1.82, 2.24) is 15.0 Å². The zero-order valence-electron chi connectivity index (χ0n) is 15.7. The number of H-pyrrole nitrogens is 1. The molecule has 2 heterocycles. The van der Waals surface area contributed by atoms with Crippen molar-refractivity contribution in [2.75, 3.05) is 10.6 Å². The third-order valence-electron chi connectivity index (χ3n) is 4.11. The van der Waals surface area contributed by atoms with Crippen molar-refractivity contribution in [3.8, 4) is 5.75 Å². The third kappa shape index (κ3) is 4.42. The first-order valence-electron chi connectivity index (χ1n) is 8.73. The minimum Gasteiger partial charge on any atom is -0.429 e. The Bertz CT molecular complexity index is 1300. The number of oxazole rings is 1. The monoisotopic (exact) mass is 435 g/mol. The number of nitrogens with zero attached hydrogens (tertiary/aromatic N) is 2. The lowest BCUT2D eigenvalue weighted by Gasteiger charge is -2.12. The molecule has 0 saturated carbocycles. The predicted octanol–water partition coefficient (Wildman–Crippen LogP) is 4.59. The largest absolute Gasteiger partial charge is 0.429 e. The third-order valence-corrected chi connectivity index (χ3v) is 4.11. The minimum absolute atomic E-state index is 0.00720. The van der Waals surface area contributed by atoms with Crippen LogP contribution in [0.1, 0.15) is 5.56 Å². The minimum atomic E-state index is -3.36. The topological polar surface area (TPSA) is 105 Å². The molecule has 160 valence electrons. The lowest BCUT2D eigenvalue weighted by Crippen LogP contribution is -2.07. The molecule has 4 aromatic rings. The van der Waals surface area contributed by atoms with Crippen LogP contribution in [0.3, 0.4) is 0 Å². The molecular formula is C19H13F4N5O3. The van der Waals surface area contributed by atoms with E-state index in [0.717, 1.165) is 12.1 Å². The number of hydrogen-bond acceptors (Lipinski definition) is 7. The predicted molar refractivity (Wildman–Crippen MR) is 103 cm³/mol. The molecule has 0 bridgehead atoms. The highest BCUT2D eigenvalue weighted by molar-refractivity contribution is 5.78. The SMILES string of the molecule is Cc1cnc(Nc2cc(F)c(OC(F)F)c(F)c2)nc1Nc1ccc2oc(=O)[nH]c2c1. The van der Waals surface area contributed by atoms with Crippen LogP contribution in [0.5, 0.6) is 5.75 Å². The van der Waals surface area contributed by atoms with Gasteiger partial charge in [-0.15, -0.1) is 0 Å². The number of fused-ring (bicyclic) bond motifs is 1. The van der Waals surface area contributed by atoms with Gasteiger partial charge in [0.1, 0.15) is 5.82 Å². The fraction of sp³-hybridized carbons (Fsp3) is 0.105. The Morgan fingerprint density at radius 1 is 1.10 bits per heavy atom. The quantitative estimate of drug-likeness (QED) is 0.381. The van der Waals surface area contributed by atoms with Crippen molar-refractivity contribution >= 4 is 34.2 Å². The van der Waals surface area contributed by atoms with Gasteiger partial charge in [-0.25, -0.2) is 18.6 Å². The van der Waals surface area contributed by atoms with Gasteiger partial charge in [-0.3, -0.25) is 4.98 Å². The van der Waals surface area contributed by atoms with E-state index in [0.29, 0.717) is 28.2 Å². The van der Waals surface area contributed by atoms with E-state index in [4.69, 9.17) is 4.42 Å².